The van der Waals surface area contributed by atoms with E-state index in [-0.39, 0.29) is 29.3 Å². The molecule has 0 saturated heterocycles. The van der Waals surface area contributed by atoms with Gasteiger partial charge in [0.05, 0.1) is 17.6 Å². The summed E-state index contributed by atoms with van der Waals surface area (Å²) >= 11 is 0. The number of pyridine rings is 1. The smallest absolute Gasteiger partial charge is 0.311 e. The van der Waals surface area contributed by atoms with Gasteiger partial charge < -0.3 is 15.8 Å². The fourth-order valence-electron chi connectivity index (χ4n) is 1.48. The Hall–Kier alpha value is -1.89. The molecule has 1 heterocycles. The van der Waals surface area contributed by atoms with Gasteiger partial charge in [-0.15, -0.1) is 0 Å². The molecule has 1 unspecified atom stereocenters. The first-order valence-electron chi connectivity index (χ1n) is 5.62. The largest absolute Gasteiger partial charge is 0.384 e. The van der Waals surface area contributed by atoms with Crippen LogP contribution in [0.5, 0.6) is 0 Å². The Morgan fingerprint density at radius 2 is 2.22 bits per heavy atom. The molecule has 3 N–H and O–H groups in total. The summed E-state index contributed by atoms with van der Waals surface area (Å²) in [4.78, 5) is 14.4. The predicted molar refractivity (Wildman–Crippen MR) is 69.4 cm³/mol. The molecule has 0 aliphatic rings. The van der Waals surface area contributed by atoms with E-state index in [1.165, 1.54) is 12.1 Å². The number of methoxy groups -OCH3 is 1. The summed E-state index contributed by atoms with van der Waals surface area (Å²) in [5.41, 5.74) is 5.46. The van der Waals surface area contributed by atoms with Crippen LogP contribution in [-0.2, 0) is 4.74 Å². The van der Waals surface area contributed by atoms with Gasteiger partial charge >= 0.3 is 5.69 Å². The van der Waals surface area contributed by atoms with Crippen LogP contribution in [0.15, 0.2) is 12.1 Å². The van der Waals surface area contributed by atoms with Gasteiger partial charge in [-0.25, -0.2) is 4.98 Å². The summed E-state index contributed by atoms with van der Waals surface area (Å²) < 4.78 is 5.08. The molecule has 18 heavy (non-hydrogen) atoms. The van der Waals surface area contributed by atoms with E-state index in [1.54, 1.807) is 7.11 Å². The zero-order valence-electron chi connectivity index (χ0n) is 10.7. The number of rotatable bonds is 6. The molecule has 0 bridgehead atoms. The maximum Gasteiger partial charge on any atom is 0.311 e. The van der Waals surface area contributed by atoms with Crippen molar-refractivity contribution in [3.8, 4) is 0 Å². The van der Waals surface area contributed by atoms with Crippen LogP contribution in [0.2, 0.25) is 0 Å². The Kier molecular flexibility index (Phi) is 4.85. The number of hydrogen-bond acceptors (Lipinski definition) is 6. The minimum Gasteiger partial charge on any atom is -0.384 e. The van der Waals surface area contributed by atoms with E-state index < -0.39 is 4.92 Å². The van der Waals surface area contributed by atoms with Crippen LogP contribution in [0.3, 0.4) is 0 Å². The normalized spacial score (nSPS) is 12.4. The van der Waals surface area contributed by atoms with E-state index in [9.17, 15) is 10.1 Å². The summed E-state index contributed by atoms with van der Waals surface area (Å²) in [7, 11) is 1.58. The molecule has 1 aromatic rings. The maximum atomic E-state index is 10.9. The quantitative estimate of drug-likeness (QED) is 0.591. The maximum absolute atomic E-state index is 10.9. The second-order valence-corrected chi connectivity index (χ2v) is 4.31. The summed E-state index contributed by atoms with van der Waals surface area (Å²) in [5.74, 6) is 0.659. The molecule has 0 aliphatic heterocycles. The number of aromatic nitrogens is 1. The average Bonchev–Trinajstić information content (AvgIpc) is 2.28. The van der Waals surface area contributed by atoms with Crippen LogP contribution >= 0.6 is 0 Å². The van der Waals surface area contributed by atoms with Crippen molar-refractivity contribution in [2.75, 3.05) is 24.8 Å². The number of nitro groups is 1. The van der Waals surface area contributed by atoms with Crippen molar-refractivity contribution in [1.82, 2.24) is 4.98 Å². The molecule has 0 saturated carbocycles. The van der Waals surface area contributed by atoms with Gasteiger partial charge in [-0.05, 0) is 12.0 Å². The van der Waals surface area contributed by atoms with Gasteiger partial charge in [0.15, 0.2) is 0 Å². The van der Waals surface area contributed by atoms with E-state index in [1.807, 2.05) is 13.8 Å². The minimum atomic E-state index is -0.487. The molecule has 0 spiro atoms. The highest BCUT2D eigenvalue weighted by Gasteiger charge is 2.20. The average molecular weight is 254 g/mol. The zero-order valence-corrected chi connectivity index (χ0v) is 10.7. The molecule has 100 valence electrons. The van der Waals surface area contributed by atoms with Crippen molar-refractivity contribution in [3.63, 3.8) is 0 Å². The lowest BCUT2D eigenvalue weighted by atomic mass is 10.1. The third kappa shape index (κ3) is 3.56. The first kappa shape index (κ1) is 14.2. The van der Waals surface area contributed by atoms with E-state index >= 15 is 0 Å². The Morgan fingerprint density at radius 1 is 1.56 bits per heavy atom. The SMILES string of the molecule is COCC(Nc1nc(N)ccc1[N+](=O)[O-])C(C)C. The number of nitrogens with one attached hydrogen (secondary N) is 1. The highest BCUT2D eigenvalue weighted by molar-refractivity contribution is 5.59. The van der Waals surface area contributed by atoms with Crippen LogP contribution in [0.25, 0.3) is 0 Å². The number of nitrogens with zero attached hydrogens (tertiary/aromatic N) is 2. The zero-order chi connectivity index (χ0) is 13.7. The second-order valence-electron chi connectivity index (χ2n) is 4.31. The molecule has 0 amide bonds. The van der Waals surface area contributed by atoms with Crippen LogP contribution in [0.4, 0.5) is 17.3 Å². The highest BCUT2D eigenvalue weighted by atomic mass is 16.6. The summed E-state index contributed by atoms with van der Waals surface area (Å²) in [6.45, 7) is 4.43. The first-order valence-corrected chi connectivity index (χ1v) is 5.62. The lowest BCUT2D eigenvalue weighted by Crippen LogP contribution is -2.31. The van der Waals surface area contributed by atoms with Gasteiger partial charge in [-0.1, -0.05) is 13.8 Å². The van der Waals surface area contributed by atoms with Crippen molar-refractivity contribution in [1.29, 1.82) is 0 Å². The summed E-state index contributed by atoms with van der Waals surface area (Å²) in [6, 6.07) is 2.68. The van der Waals surface area contributed by atoms with E-state index in [4.69, 9.17) is 10.5 Å². The third-order valence-corrected chi connectivity index (χ3v) is 2.57. The van der Waals surface area contributed by atoms with Crippen molar-refractivity contribution in [3.05, 3.63) is 22.2 Å². The standard InChI is InChI=1S/C11H18N4O3/c1-7(2)8(6-18-3)13-11-9(15(16)17)4-5-10(12)14-11/h4-5,7-8H,6H2,1-3H3,(H3,12,13,14). The van der Waals surface area contributed by atoms with Gasteiger partial charge in [0.25, 0.3) is 0 Å². The summed E-state index contributed by atoms with van der Waals surface area (Å²) in [5, 5.41) is 13.9. The number of nitrogens with two attached hydrogens (primary N) is 1. The van der Waals surface area contributed by atoms with Crippen molar-refractivity contribution in [2.24, 2.45) is 5.92 Å². The Morgan fingerprint density at radius 3 is 2.72 bits per heavy atom. The number of ether oxygens (including phenoxy) is 1. The van der Waals surface area contributed by atoms with Gasteiger partial charge in [-0.3, -0.25) is 10.1 Å². The fourth-order valence-corrected chi connectivity index (χ4v) is 1.48. The van der Waals surface area contributed by atoms with Crippen LogP contribution < -0.4 is 11.1 Å². The molecule has 0 aliphatic carbocycles. The van der Waals surface area contributed by atoms with E-state index in [2.05, 4.69) is 10.3 Å². The van der Waals surface area contributed by atoms with E-state index in [0.29, 0.717) is 6.61 Å². The number of anilines is 2. The molecular formula is C11H18N4O3. The molecular weight excluding hydrogens is 236 g/mol. The minimum absolute atomic E-state index is 0.0667. The van der Waals surface area contributed by atoms with Crippen LogP contribution in [-0.4, -0.2) is 29.7 Å². The number of hydrogen-bond donors (Lipinski definition) is 2. The second kappa shape index (κ2) is 6.15. The first-order chi connectivity index (χ1) is 8.45. The molecule has 0 aromatic carbocycles. The molecule has 0 radical (unpaired) electrons. The van der Waals surface area contributed by atoms with E-state index in [0.717, 1.165) is 0 Å². The predicted octanol–water partition coefficient (Wildman–Crippen LogP) is 1.65. The monoisotopic (exact) mass is 254 g/mol. The topological polar surface area (TPSA) is 103 Å². The fraction of sp³-hybridized carbons (Fsp3) is 0.545. The highest BCUT2D eigenvalue weighted by Crippen LogP contribution is 2.24. The lowest BCUT2D eigenvalue weighted by Gasteiger charge is -2.21. The molecule has 1 rings (SSSR count). The van der Waals surface area contributed by atoms with Gasteiger partial charge in [0.2, 0.25) is 5.82 Å². The Labute approximate surface area is 105 Å². The lowest BCUT2D eigenvalue weighted by molar-refractivity contribution is -0.384. The van der Waals surface area contributed by atoms with Crippen LogP contribution in [0, 0.1) is 16.0 Å². The number of nitrogen functional groups attached to an aromatic ring is 1. The van der Waals surface area contributed by atoms with Crippen molar-refractivity contribution >= 4 is 17.3 Å². The van der Waals surface area contributed by atoms with Crippen LogP contribution in [0.1, 0.15) is 13.8 Å². The van der Waals surface area contributed by atoms with Gasteiger partial charge in [-0.2, -0.15) is 0 Å². The van der Waals surface area contributed by atoms with Crippen molar-refractivity contribution < 1.29 is 9.66 Å². The van der Waals surface area contributed by atoms with Crippen molar-refractivity contribution in [2.45, 2.75) is 19.9 Å². The Bertz CT molecular complexity index is 423. The summed E-state index contributed by atoms with van der Waals surface area (Å²) in [6.07, 6.45) is 0. The van der Waals surface area contributed by atoms with Gasteiger partial charge in [0.1, 0.15) is 5.82 Å². The van der Waals surface area contributed by atoms with Gasteiger partial charge in [0, 0.05) is 13.2 Å². The third-order valence-electron chi connectivity index (χ3n) is 2.57. The molecule has 7 heteroatoms. The molecule has 0 fully saturated rings. The Balaban J connectivity index is 3.00. The molecule has 1 aromatic heterocycles. The molecule has 7 nitrogen and oxygen atoms in total. The molecule has 1 atom stereocenters.